The minimum absolute atomic E-state index is 0.0389. The number of nitrogens with one attached hydrogen (secondary N) is 1. The Labute approximate surface area is 320 Å². The molecule has 11 nitrogen and oxygen atoms in total. The topological polar surface area (TPSA) is 121 Å². The molecule has 0 aromatic carbocycles. The van der Waals surface area contributed by atoms with E-state index in [-0.39, 0.29) is 31.9 Å². The lowest BCUT2D eigenvalue weighted by molar-refractivity contribution is -0.162. The van der Waals surface area contributed by atoms with E-state index < -0.39 is 55.8 Å². The van der Waals surface area contributed by atoms with Crippen molar-refractivity contribution in [1.29, 1.82) is 0 Å². The second-order valence-corrected chi connectivity index (χ2v) is 18.0. The summed E-state index contributed by atoms with van der Waals surface area (Å²) in [5.74, 6) is 1.07. The smallest absolute Gasteiger partial charge is 0.330 e. The number of carbonyl (C=O) groups excluding carboxylic acids is 1. The number of esters is 1. The van der Waals surface area contributed by atoms with Gasteiger partial charge in [-0.15, -0.1) is 0 Å². The predicted molar refractivity (Wildman–Crippen MR) is 212 cm³/mol. The van der Waals surface area contributed by atoms with Crippen LogP contribution in [0.5, 0.6) is 0 Å². The third-order valence-electron chi connectivity index (χ3n) is 9.26. The summed E-state index contributed by atoms with van der Waals surface area (Å²) in [5, 5.41) is 0. The molecular weight excluding hydrogens is 729 g/mol. The quantitative estimate of drug-likeness (QED) is 0.0275. The van der Waals surface area contributed by atoms with E-state index in [4.69, 9.17) is 23.3 Å². The SMILES string of the molecule is CCCCCCCCCCCCSSCOCC(CC)(COP(OC1[C@@H](CC)O[C@@H](n2ccc(=O)[nH]c2=O)[C@H]1F)N(C(C)C)C(C)C)C(=O)OCC. The fourth-order valence-corrected chi connectivity index (χ4v) is 9.86. The lowest BCUT2D eigenvalue weighted by atomic mass is 9.87. The molecule has 1 fully saturated rings. The van der Waals surface area contributed by atoms with E-state index >= 15 is 4.39 Å². The zero-order valence-corrected chi connectivity index (χ0v) is 35.5. The van der Waals surface area contributed by atoms with Crippen LogP contribution in [0.3, 0.4) is 0 Å². The number of H-pyrrole nitrogens is 1. The number of hydrogen-bond acceptors (Lipinski definition) is 11. The number of nitrogens with zero attached hydrogens (tertiary/aromatic N) is 2. The number of ether oxygens (including phenoxy) is 3. The van der Waals surface area contributed by atoms with E-state index in [1.54, 1.807) is 28.5 Å². The van der Waals surface area contributed by atoms with Crippen LogP contribution < -0.4 is 11.2 Å². The van der Waals surface area contributed by atoms with Crippen molar-refractivity contribution in [2.24, 2.45) is 5.41 Å². The predicted octanol–water partition coefficient (Wildman–Crippen LogP) is 9.17. The van der Waals surface area contributed by atoms with Crippen molar-refractivity contribution in [3.63, 3.8) is 0 Å². The maximum absolute atomic E-state index is 16.2. The Bertz CT molecular complexity index is 1240. The number of carbonyl (C=O) groups is 1. The van der Waals surface area contributed by atoms with Gasteiger partial charge in [0.2, 0.25) is 0 Å². The van der Waals surface area contributed by atoms with Crippen molar-refractivity contribution >= 4 is 36.1 Å². The normalized spacial score (nSPS) is 20.9. The van der Waals surface area contributed by atoms with E-state index in [9.17, 15) is 14.4 Å². The van der Waals surface area contributed by atoms with Crippen LogP contribution >= 0.6 is 30.1 Å². The van der Waals surface area contributed by atoms with Gasteiger partial charge >= 0.3 is 11.7 Å². The van der Waals surface area contributed by atoms with Crippen molar-refractivity contribution in [2.45, 2.75) is 169 Å². The van der Waals surface area contributed by atoms with Crippen molar-refractivity contribution in [1.82, 2.24) is 14.2 Å². The average Bonchev–Trinajstić information content (AvgIpc) is 3.41. The van der Waals surface area contributed by atoms with Gasteiger partial charge in [0.05, 0.1) is 25.9 Å². The molecule has 0 bridgehead atoms. The van der Waals surface area contributed by atoms with Crippen LogP contribution in [-0.2, 0) is 28.1 Å². The molecule has 1 N–H and O–H groups in total. The number of halogens is 1. The van der Waals surface area contributed by atoms with E-state index in [0.29, 0.717) is 18.8 Å². The van der Waals surface area contributed by atoms with Crippen LogP contribution in [0.15, 0.2) is 21.9 Å². The number of unbranched alkanes of at least 4 members (excludes halogenated alkanes) is 9. The van der Waals surface area contributed by atoms with E-state index in [2.05, 4.69) is 11.9 Å². The van der Waals surface area contributed by atoms with E-state index in [0.717, 1.165) is 16.4 Å². The molecule has 1 saturated heterocycles. The largest absolute Gasteiger partial charge is 0.465 e. The van der Waals surface area contributed by atoms with Crippen molar-refractivity contribution in [3.05, 3.63) is 33.1 Å². The maximum atomic E-state index is 16.2. The Hall–Kier alpha value is -0.990. The summed E-state index contributed by atoms with van der Waals surface area (Å²) in [6.45, 7) is 16.1. The molecule has 15 heteroatoms. The second kappa shape index (κ2) is 26.0. The number of aromatic nitrogens is 2. The third-order valence-corrected chi connectivity index (χ3v) is 13.5. The Morgan fingerprint density at radius 3 is 2.17 bits per heavy atom. The lowest BCUT2D eigenvalue weighted by Gasteiger charge is -2.39. The van der Waals surface area contributed by atoms with Crippen LogP contribution in [-0.4, -0.2) is 82.2 Å². The first-order valence-electron chi connectivity index (χ1n) is 19.4. The van der Waals surface area contributed by atoms with Gasteiger partial charge in [-0.05, 0) is 53.9 Å². The lowest BCUT2D eigenvalue weighted by Crippen LogP contribution is -2.43. The van der Waals surface area contributed by atoms with Crippen molar-refractivity contribution in [3.8, 4) is 0 Å². The van der Waals surface area contributed by atoms with Crippen LogP contribution in [0, 0.1) is 5.41 Å². The summed E-state index contributed by atoms with van der Waals surface area (Å²) in [4.78, 5) is 39.8. The summed E-state index contributed by atoms with van der Waals surface area (Å²) in [6.07, 6.45) is 10.4. The highest BCUT2D eigenvalue weighted by Gasteiger charge is 2.50. The summed E-state index contributed by atoms with van der Waals surface area (Å²) < 4.78 is 50.0. The zero-order valence-electron chi connectivity index (χ0n) is 32.9. The summed E-state index contributed by atoms with van der Waals surface area (Å²) in [5.41, 5.74) is -2.45. The molecule has 1 aromatic rings. The van der Waals surface area contributed by atoms with Gasteiger partial charge < -0.3 is 23.3 Å². The molecule has 1 aromatic heterocycles. The molecule has 2 rings (SSSR count). The number of aromatic amines is 1. The third kappa shape index (κ3) is 15.3. The average molecular weight is 796 g/mol. The molecule has 6 atom stereocenters. The second-order valence-electron chi connectivity index (χ2n) is 14.0. The number of hydrogen-bond donors (Lipinski definition) is 1. The van der Waals surface area contributed by atoms with Gasteiger partial charge in [-0.2, -0.15) is 0 Å². The van der Waals surface area contributed by atoms with Gasteiger partial charge in [0.1, 0.15) is 17.5 Å². The molecule has 0 spiro atoms. The molecule has 0 saturated carbocycles. The molecule has 1 aliphatic rings. The van der Waals surface area contributed by atoms with Gasteiger partial charge in [0.25, 0.3) is 14.1 Å². The standard InChI is InChI=1S/C37H67FN3O8PS2/c1-9-13-14-15-16-17-18-19-20-21-24-51-52-27-45-25-37(11-3,35(43)46-12-4)26-47-50(41(28(5)6)29(7)8)49-33-30(10-2)48-34(32(33)38)40-23-22-31(42)39-36(40)44/h22-23,28-30,32-34H,9-21,24-27H2,1-8H3,(H,39,42,44)/t30-,32+,33?,34-,37?,50?/m1/s1. The Morgan fingerprint density at radius 2 is 1.62 bits per heavy atom. The fourth-order valence-electron chi connectivity index (χ4n) is 6.21. The van der Waals surface area contributed by atoms with Gasteiger partial charge in [0, 0.05) is 30.1 Å². The maximum Gasteiger partial charge on any atom is 0.330 e. The zero-order chi connectivity index (χ0) is 38.5. The summed E-state index contributed by atoms with van der Waals surface area (Å²) in [7, 11) is 1.51. The first-order chi connectivity index (χ1) is 25.0. The number of rotatable bonds is 29. The molecule has 52 heavy (non-hydrogen) atoms. The molecule has 0 aliphatic carbocycles. The van der Waals surface area contributed by atoms with Crippen molar-refractivity contribution in [2.75, 3.05) is 31.5 Å². The molecule has 302 valence electrons. The summed E-state index contributed by atoms with van der Waals surface area (Å²) in [6, 6.07) is 1.07. The molecule has 0 radical (unpaired) electrons. The van der Waals surface area contributed by atoms with Crippen LogP contribution in [0.1, 0.15) is 139 Å². The Kier molecular flexibility index (Phi) is 23.6. The van der Waals surface area contributed by atoms with Gasteiger partial charge in [-0.1, -0.05) is 100 Å². The minimum Gasteiger partial charge on any atom is -0.465 e. The van der Waals surface area contributed by atoms with Gasteiger partial charge in [-0.25, -0.2) is 13.9 Å². The van der Waals surface area contributed by atoms with Gasteiger partial charge in [0.15, 0.2) is 12.4 Å². The molecule has 3 unspecified atom stereocenters. The van der Waals surface area contributed by atoms with E-state index in [1.165, 1.54) is 70.4 Å². The van der Waals surface area contributed by atoms with Gasteiger partial charge in [-0.3, -0.25) is 19.1 Å². The first kappa shape index (κ1) is 47.2. The molecule has 1 aliphatic heterocycles. The molecule has 2 heterocycles. The van der Waals surface area contributed by atoms with E-state index in [1.807, 2.05) is 46.2 Å². The Morgan fingerprint density at radius 1 is 0.981 bits per heavy atom. The summed E-state index contributed by atoms with van der Waals surface area (Å²) >= 11 is 0. The molecule has 0 amide bonds. The molecular formula is C37H67FN3O8PS2. The fraction of sp³-hybridized carbons (Fsp3) is 0.865. The number of alkyl halides is 1. The van der Waals surface area contributed by atoms with Crippen LogP contribution in [0.2, 0.25) is 0 Å². The highest BCUT2D eigenvalue weighted by Crippen LogP contribution is 2.52. The highest BCUT2D eigenvalue weighted by molar-refractivity contribution is 8.76. The minimum atomic E-state index is -1.92. The Balaban J connectivity index is 2.05. The monoisotopic (exact) mass is 795 g/mol. The van der Waals surface area contributed by atoms with Crippen LogP contribution in [0.4, 0.5) is 4.39 Å². The highest BCUT2D eigenvalue weighted by atomic mass is 33.1. The van der Waals surface area contributed by atoms with Crippen LogP contribution in [0.25, 0.3) is 0 Å². The van der Waals surface area contributed by atoms with Crippen molar-refractivity contribution < 1.29 is 32.4 Å². The first-order valence-corrected chi connectivity index (χ1v) is 23.1.